The predicted molar refractivity (Wildman–Crippen MR) is 98.3 cm³/mol. The number of rotatable bonds is 5. The van der Waals surface area contributed by atoms with Gasteiger partial charge in [0.2, 0.25) is 0 Å². The molecule has 3 aromatic rings. The molecule has 7 heteroatoms. The predicted octanol–water partition coefficient (Wildman–Crippen LogP) is 4.35. The molecule has 2 aromatic carbocycles. The second-order valence-electron chi connectivity index (χ2n) is 7.04. The molecule has 1 heterocycles. The normalized spacial score (nSPS) is 15.2. The topological polar surface area (TPSA) is 46.9 Å². The van der Waals surface area contributed by atoms with Gasteiger partial charge in [0.25, 0.3) is 5.91 Å². The first kappa shape index (κ1) is 18.3. The van der Waals surface area contributed by atoms with E-state index in [1.807, 2.05) is 30.3 Å². The average Bonchev–Trinajstić information content (AvgIpc) is 3.33. The quantitative estimate of drug-likeness (QED) is 0.710. The first-order valence-corrected chi connectivity index (χ1v) is 8.93. The van der Waals surface area contributed by atoms with Crippen LogP contribution in [0.3, 0.4) is 0 Å². The molecule has 0 aliphatic heterocycles. The summed E-state index contributed by atoms with van der Waals surface area (Å²) in [5.74, 6) is -0.340. The Labute approximate surface area is 160 Å². The van der Waals surface area contributed by atoms with Gasteiger partial charge in [0.05, 0.1) is 5.56 Å². The van der Waals surface area contributed by atoms with Crippen molar-refractivity contribution in [3.63, 3.8) is 0 Å². The number of para-hydroxylation sites is 1. The number of nitrogens with one attached hydrogen (secondary N) is 1. The van der Waals surface area contributed by atoms with E-state index < -0.39 is 17.2 Å². The van der Waals surface area contributed by atoms with Gasteiger partial charge < -0.3 is 9.88 Å². The second kappa shape index (κ2) is 6.82. The molecule has 4 rings (SSSR count). The van der Waals surface area contributed by atoms with E-state index in [0.29, 0.717) is 5.56 Å². The zero-order valence-corrected chi connectivity index (χ0v) is 14.9. The third-order valence-corrected chi connectivity index (χ3v) is 5.11. The maximum Gasteiger partial charge on any atom is 0.416 e. The summed E-state index contributed by atoms with van der Waals surface area (Å²) in [4.78, 5) is 16.6. The van der Waals surface area contributed by atoms with E-state index >= 15 is 0 Å². The van der Waals surface area contributed by atoms with Crippen molar-refractivity contribution < 1.29 is 18.0 Å². The summed E-state index contributed by atoms with van der Waals surface area (Å²) in [5.41, 5.74) is 0.667. The van der Waals surface area contributed by atoms with Crippen LogP contribution in [-0.4, -0.2) is 22.0 Å². The van der Waals surface area contributed by atoms with Gasteiger partial charge in [-0.05, 0) is 36.6 Å². The van der Waals surface area contributed by atoms with Gasteiger partial charge in [-0.3, -0.25) is 4.79 Å². The number of nitrogens with zero attached hydrogens (tertiary/aromatic N) is 2. The lowest BCUT2D eigenvalue weighted by Gasteiger charge is -2.18. The Hall–Kier alpha value is -3.09. The Morgan fingerprint density at radius 1 is 1.11 bits per heavy atom. The lowest BCUT2D eigenvalue weighted by Crippen LogP contribution is -2.32. The van der Waals surface area contributed by atoms with E-state index in [4.69, 9.17) is 0 Å². The maximum atomic E-state index is 13.0. The average molecular weight is 385 g/mol. The molecule has 1 fully saturated rings. The summed E-state index contributed by atoms with van der Waals surface area (Å²) in [6.45, 7) is 0.283. The molecule has 0 unspecified atom stereocenters. The van der Waals surface area contributed by atoms with Crippen LogP contribution in [0.5, 0.6) is 0 Å². The Bertz CT molecular complexity index is 991. The molecule has 1 N–H and O–H groups in total. The first-order chi connectivity index (χ1) is 13.4. The number of aromatic nitrogens is 2. The fraction of sp³-hybridized carbons (Fsp3) is 0.238. The molecule has 1 aromatic heterocycles. The number of imidazole rings is 1. The van der Waals surface area contributed by atoms with E-state index in [-0.39, 0.29) is 18.1 Å². The van der Waals surface area contributed by atoms with Crippen molar-refractivity contribution in [2.24, 2.45) is 0 Å². The smallest absolute Gasteiger partial charge is 0.350 e. The van der Waals surface area contributed by atoms with Gasteiger partial charge in [0.15, 0.2) is 0 Å². The van der Waals surface area contributed by atoms with Gasteiger partial charge >= 0.3 is 6.18 Å². The van der Waals surface area contributed by atoms with Crippen LogP contribution in [-0.2, 0) is 11.6 Å². The second-order valence-corrected chi connectivity index (χ2v) is 7.04. The molecule has 1 saturated carbocycles. The SMILES string of the molecule is O=C(NCC1(c2cccc(C(F)(F)F)c2)CC1)c1cn(-c2ccccc2)cn1. The number of hydrogen-bond acceptors (Lipinski definition) is 2. The summed E-state index contributed by atoms with van der Waals surface area (Å²) in [6, 6.07) is 14.8. The molecule has 28 heavy (non-hydrogen) atoms. The Balaban J connectivity index is 1.45. The maximum absolute atomic E-state index is 13.0. The Kier molecular flexibility index (Phi) is 4.45. The lowest BCUT2D eigenvalue weighted by molar-refractivity contribution is -0.137. The molecule has 1 aliphatic rings. The Morgan fingerprint density at radius 2 is 1.86 bits per heavy atom. The molecule has 1 aliphatic carbocycles. The molecule has 0 saturated heterocycles. The van der Waals surface area contributed by atoms with Crippen molar-refractivity contribution in [2.75, 3.05) is 6.54 Å². The monoisotopic (exact) mass is 385 g/mol. The van der Waals surface area contributed by atoms with Crippen LogP contribution >= 0.6 is 0 Å². The summed E-state index contributed by atoms with van der Waals surface area (Å²) in [6.07, 6.45) is 0.304. The number of amides is 1. The van der Waals surface area contributed by atoms with E-state index in [9.17, 15) is 18.0 Å². The number of halogens is 3. The number of carbonyl (C=O) groups excluding carboxylic acids is 1. The van der Waals surface area contributed by atoms with Gasteiger partial charge in [-0.2, -0.15) is 13.2 Å². The molecule has 4 nitrogen and oxygen atoms in total. The van der Waals surface area contributed by atoms with Crippen LogP contribution in [0.25, 0.3) is 5.69 Å². The van der Waals surface area contributed by atoms with Crippen molar-refractivity contribution in [3.05, 3.63) is 83.9 Å². The fourth-order valence-electron chi connectivity index (χ4n) is 3.27. The largest absolute Gasteiger partial charge is 0.416 e. The third kappa shape index (κ3) is 3.65. The van der Waals surface area contributed by atoms with Crippen LogP contribution in [0.15, 0.2) is 67.1 Å². The van der Waals surface area contributed by atoms with Gasteiger partial charge in [0, 0.05) is 23.8 Å². The molecule has 144 valence electrons. The summed E-state index contributed by atoms with van der Waals surface area (Å²) >= 11 is 0. The highest BCUT2D eigenvalue weighted by atomic mass is 19.4. The number of benzene rings is 2. The highest BCUT2D eigenvalue weighted by molar-refractivity contribution is 5.92. The van der Waals surface area contributed by atoms with E-state index in [1.165, 1.54) is 12.1 Å². The molecular formula is C21H18F3N3O. The highest BCUT2D eigenvalue weighted by Crippen LogP contribution is 2.48. The van der Waals surface area contributed by atoms with Crippen LogP contribution in [0.4, 0.5) is 13.2 Å². The minimum Gasteiger partial charge on any atom is -0.350 e. The molecular weight excluding hydrogens is 367 g/mol. The summed E-state index contributed by atoms with van der Waals surface area (Å²) in [7, 11) is 0. The molecule has 0 bridgehead atoms. The minimum absolute atomic E-state index is 0.267. The number of carbonyl (C=O) groups is 1. The first-order valence-electron chi connectivity index (χ1n) is 8.93. The zero-order chi connectivity index (χ0) is 19.8. The molecule has 0 radical (unpaired) electrons. The van der Waals surface area contributed by atoms with E-state index in [1.54, 1.807) is 23.2 Å². The van der Waals surface area contributed by atoms with Gasteiger partial charge in [0.1, 0.15) is 12.0 Å². The number of alkyl halides is 3. The number of hydrogen-bond donors (Lipinski definition) is 1. The highest BCUT2D eigenvalue weighted by Gasteiger charge is 2.45. The molecule has 0 atom stereocenters. The van der Waals surface area contributed by atoms with Crippen LogP contribution in [0.1, 0.15) is 34.5 Å². The van der Waals surface area contributed by atoms with Crippen LogP contribution in [0, 0.1) is 0 Å². The summed E-state index contributed by atoms with van der Waals surface area (Å²) in [5, 5.41) is 2.83. The van der Waals surface area contributed by atoms with Crippen molar-refractivity contribution in [1.82, 2.24) is 14.9 Å². The van der Waals surface area contributed by atoms with E-state index in [0.717, 1.165) is 24.6 Å². The lowest BCUT2D eigenvalue weighted by atomic mass is 9.94. The van der Waals surface area contributed by atoms with Crippen molar-refractivity contribution in [2.45, 2.75) is 24.4 Å². The summed E-state index contributed by atoms with van der Waals surface area (Å²) < 4.78 is 40.7. The minimum atomic E-state index is -4.38. The van der Waals surface area contributed by atoms with Crippen molar-refractivity contribution >= 4 is 5.91 Å². The van der Waals surface area contributed by atoms with Gasteiger partial charge in [-0.25, -0.2) is 4.98 Å². The van der Waals surface area contributed by atoms with E-state index in [2.05, 4.69) is 10.3 Å². The van der Waals surface area contributed by atoms with Crippen LogP contribution in [0.2, 0.25) is 0 Å². The molecule has 1 amide bonds. The zero-order valence-electron chi connectivity index (χ0n) is 14.9. The fourth-order valence-corrected chi connectivity index (χ4v) is 3.27. The van der Waals surface area contributed by atoms with Crippen molar-refractivity contribution in [3.8, 4) is 5.69 Å². The molecule has 0 spiro atoms. The Morgan fingerprint density at radius 3 is 2.54 bits per heavy atom. The van der Waals surface area contributed by atoms with Gasteiger partial charge in [-0.1, -0.05) is 36.4 Å². The van der Waals surface area contributed by atoms with Gasteiger partial charge in [-0.15, -0.1) is 0 Å². The standard InChI is InChI=1S/C21H18F3N3O/c22-21(23,24)16-6-4-5-15(11-16)20(9-10-20)13-25-19(28)18-12-27(14-26-18)17-7-2-1-3-8-17/h1-8,11-12,14H,9-10,13H2,(H,25,28). The van der Waals surface area contributed by atoms with Crippen molar-refractivity contribution in [1.29, 1.82) is 0 Å². The van der Waals surface area contributed by atoms with Crippen LogP contribution < -0.4 is 5.32 Å². The third-order valence-electron chi connectivity index (χ3n) is 5.11.